The van der Waals surface area contributed by atoms with Gasteiger partial charge in [0.2, 0.25) is 0 Å². The van der Waals surface area contributed by atoms with Crippen LogP contribution in [0.25, 0.3) is 0 Å². The minimum atomic E-state index is -1.14. The molecule has 0 saturated heterocycles. The molecule has 8 heteroatoms. The Morgan fingerprint density at radius 1 is 1.09 bits per heavy atom. The molecule has 0 aromatic carbocycles. The number of carboxylic acids is 1. The zero-order valence-electron chi connectivity index (χ0n) is 21.5. The summed E-state index contributed by atoms with van der Waals surface area (Å²) >= 11 is 0. The molecule has 2 aliphatic rings. The predicted molar refractivity (Wildman–Crippen MR) is 123 cm³/mol. The Morgan fingerprint density at radius 2 is 1.68 bits per heavy atom. The van der Waals surface area contributed by atoms with E-state index < -0.39 is 23.6 Å². The molecule has 188 valence electrons. The number of carbonyl (C=O) groups is 2. The van der Waals surface area contributed by atoms with Crippen molar-refractivity contribution in [3.05, 3.63) is 23.2 Å². The first-order valence-corrected chi connectivity index (χ1v) is 12.5. The van der Waals surface area contributed by atoms with Crippen LogP contribution < -0.4 is 34.7 Å². The first-order chi connectivity index (χ1) is 15.6. The summed E-state index contributed by atoms with van der Waals surface area (Å²) in [4.78, 5) is 23.8. The van der Waals surface area contributed by atoms with E-state index in [1.807, 2.05) is 27.7 Å². The quantitative estimate of drug-likeness (QED) is 0.213. The van der Waals surface area contributed by atoms with Crippen LogP contribution >= 0.6 is 0 Å². The van der Waals surface area contributed by atoms with Gasteiger partial charge in [0.05, 0.1) is 11.2 Å². The molecule has 5 atom stereocenters. The summed E-state index contributed by atoms with van der Waals surface area (Å²) in [5.74, 6) is -1.87. The van der Waals surface area contributed by atoms with Crippen LogP contribution in [0.5, 0.6) is 0 Å². The Morgan fingerprint density at radius 3 is 2.24 bits per heavy atom. The van der Waals surface area contributed by atoms with E-state index in [2.05, 4.69) is 0 Å². The van der Waals surface area contributed by atoms with Crippen LogP contribution in [-0.2, 0) is 14.3 Å². The van der Waals surface area contributed by atoms with E-state index in [-0.39, 0.29) is 77.6 Å². The van der Waals surface area contributed by atoms with Crippen molar-refractivity contribution in [1.82, 2.24) is 0 Å². The van der Waals surface area contributed by atoms with Gasteiger partial charge in [-0.2, -0.15) is 0 Å². The summed E-state index contributed by atoms with van der Waals surface area (Å²) in [6.45, 7) is 7.87. The monoisotopic (exact) mass is 488 g/mol. The van der Waals surface area contributed by atoms with Gasteiger partial charge < -0.3 is 30.0 Å². The fourth-order valence-corrected chi connectivity index (χ4v) is 5.54. The molecule has 0 aliphatic heterocycles. The number of hydrogen-bond acceptors (Lipinski definition) is 7. The zero-order valence-corrected chi connectivity index (χ0v) is 23.5. The van der Waals surface area contributed by atoms with Crippen LogP contribution in [0, 0.1) is 23.2 Å². The Bertz CT molecular complexity index is 748. The molecule has 7 nitrogen and oxygen atoms in total. The molecule has 0 saturated carbocycles. The van der Waals surface area contributed by atoms with E-state index in [0.717, 1.165) is 25.7 Å². The predicted octanol–water partition coefficient (Wildman–Crippen LogP) is 1.11. The SMILES string of the molecule is CCC(CC)(CC)C(=O)O[C@H]1C[C@H](O)C(O)=C2C=C(O)[C@@H](C)[C@@H](CCCCCCC(=O)[O-])[C@H]21.[Na+]. The number of carbonyl (C=O) groups excluding carboxylic acids is 2. The van der Waals surface area contributed by atoms with Crippen molar-refractivity contribution in [1.29, 1.82) is 0 Å². The zero-order chi connectivity index (χ0) is 24.8. The largest absolute Gasteiger partial charge is 1.00 e. The first-order valence-electron chi connectivity index (χ1n) is 12.5. The molecule has 2 aliphatic carbocycles. The third-order valence-electron chi connectivity index (χ3n) is 8.09. The van der Waals surface area contributed by atoms with Gasteiger partial charge >= 0.3 is 35.5 Å². The number of esters is 1. The molecule has 2 rings (SSSR count). The number of allylic oxidation sites excluding steroid dienone is 2. The van der Waals surface area contributed by atoms with Gasteiger partial charge in [0.25, 0.3) is 0 Å². The van der Waals surface area contributed by atoms with Crippen LogP contribution in [0.15, 0.2) is 23.2 Å². The van der Waals surface area contributed by atoms with Crippen molar-refractivity contribution < 1.29 is 64.3 Å². The fraction of sp³-hybridized carbons (Fsp3) is 0.769. The topological polar surface area (TPSA) is 127 Å². The Hall–Kier alpha value is -1.02. The number of ether oxygens (including phenoxy) is 1. The van der Waals surface area contributed by atoms with Gasteiger partial charge in [0.15, 0.2) is 0 Å². The van der Waals surface area contributed by atoms with E-state index in [9.17, 15) is 30.0 Å². The van der Waals surface area contributed by atoms with E-state index >= 15 is 0 Å². The number of carboxylic acid groups (broad SMARTS) is 1. The standard InChI is InChI=1S/C26H42O7.Na/c1-5-26(6-2,7-3)25(32)33-21-15-20(28)24(31)18-14-19(27)16(4)17(23(18)21)12-10-8-9-11-13-22(29)30;/h14,16-17,20-21,23,27-28,31H,5-13,15H2,1-4H3,(H,29,30);/q;+1/p-1/t16-,17+,20-,21-,23+;/m0./s1. The van der Waals surface area contributed by atoms with E-state index in [4.69, 9.17) is 4.74 Å². The molecule has 0 aromatic heterocycles. The summed E-state index contributed by atoms with van der Waals surface area (Å²) in [7, 11) is 0. The van der Waals surface area contributed by atoms with Crippen molar-refractivity contribution in [3.63, 3.8) is 0 Å². The first kappa shape index (κ1) is 31.0. The van der Waals surface area contributed by atoms with Crippen LogP contribution in [0.3, 0.4) is 0 Å². The molecule has 0 heterocycles. The van der Waals surface area contributed by atoms with Crippen LogP contribution in [0.2, 0.25) is 0 Å². The summed E-state index contributed by atoms with van der Waals surface area (Å²) in [6.07, 6.45) is 5.72. The van der Waals surface area contributed by atoms with Crippen molar-refractivity contribution in [2.24, 2.45) is 23.2 Å². The molecular weight excluding hydrogens is 447 g/mol. The van der Waals surface area contributed by atoms with Crippen molar-refractivity contribution in [2.45, 2.75) is 104 Å². The maximum absolute atomic E-state index is 13.2. The van der Waals surface area contributed by atoms with Crippen LogP contribution in [-0.4, -0.2) is 39.5 Å². The van der Waals surface area contributed by atoms with E-state index in [1.54, 1.807) is 0 Å². The third kappa shape index (κ3) is 7.02. The number of aliphatic hydroxyl groups is 3. The molecule has 3 N–H and O–H groups in total. The van der Waals surface area contributed by atoms with Crippen LogP contribution in [0.1, 0.15) is 91.9 Å². The summed E-state index contributed by atoms with van der Waals surface area (Å²) in [6, 6.07) is 0. The Labute approximate surface area is 225 Å². The molecule has 0 aromatic rings. The molecule has 0 fully saturated rings. The molecule has 0 unspecified atom stereocenters. The summed E-state index contributed by atoms with van der Waals surface area (Å²) in [5, 5.41) is 42.2. The number of aliphatic hydroxyl groups excluding tert-OH is 3. The van der Waals surface area contributed by atoms with E-state index in [1.165, 1.54) is 6.08 Å². The number of aliphatic carboxylic acids is 1. The second-order valence-electron chi connectivity index (χ2n) is 9.75. The van der Waals surface area contributed by atoms with E-state index in [0.29, 0.717) is 31.3 Å². The average molecular weight is 489 g/mol. The minimum Gasteiger partial charge on any atom is -0.550 e. The maximum Gasteiger partial charge on any atom is 1.00 e. The van der Waals surface area contributed by atoms with Crippen molar-refractivity contribution >= 4 is 11.9 Å². The summed E-state index contributed by atoms with van der Waals surface area (Å²) in [5.41, 5.74) is -0.111. The van der Waals surface area contributed by atoms with Gasteiger partial charge in [-0.3, -0.25) is 4.79 Å². The Balaban J connectivity index is 0.00000578. The van der Waals surface area contributed by atoms with Gasteiger partial charge in [-0.15, -0.1) is 0 Å². The normalized spacial score (nSPS) is 26.9. The smallest absolute Gasteiger partial charge is 0.550 e. The second kappa shape index (κ2) is 13.9. The van der Waals surface area contributed by atoms with Crippen molar-refractivity contribution in [3.8, 4) is 0 Å². The Kier molecular flexibility index (Phi) is 12.7. The van der Waals surface area contributed by atoms with Crippen molar-refractivity contribution in [2.75, 3.05) is 0 Å². The van der Waals surface area contributed by atoms with Gasteiger partial charge in [-0.1, -0.05) is 47.0 Å². The molecule has 0 bridgehead atoms. The van der Waals surface area contributed by atoms with Gasteiger partial charge in [0, 0.05) is 29.8 Å². The minimum absolute atomic E-state index is 0. The molecular formula is C26H41NaO7. The summed E-state index contributed by atoms with van der Waals surface area (Å²) < 4.78 is 6.08. The number of rotatable bonds is 12. The fourth-order valence-electron chi connectivity index (χ4n) is 5.54. The molecule has 0 amide bonds. The average Bonchev–Trinajstić information content (AvgIpc) is 2.78. The molecule has 0 radical (unpaired) electrons. The third-order valence-corrected chi connectivity index (χ3v) is 8.09. The molecule has 34 heavy (non-hydrogen) atoms. The number of unbranched alkanes of at least 4 members (excludes halogenated alkanes) is 3. The second-order valence-corrected chi connectivity index (χ2v) is 9.75. The van der Waals surface area contributed by atoms with Crippen LogP contribution in [0.4, 0.5) is 0 Å². The molecule has 0 spiro atoms. The maximum atomic E-state index is 13.2. The number of hydrogen-bond donors (Lipinski definition) is 3. The number of fused-ring (bicyclic) bond motifs is 1. The van der Waals surface area contributed by atoms with Gasteiger partial charge in [-0.05, 0) is 50.5 Å². The van der Waals surface area contributed by atoms with Gasteiger partial charge in [0.1, 0.15) is 18.0 Å². The van der Waals surface area contributed by atoms with Gasteiger partial charge in [-0.25, -0.2) is 0 Å².